The van der Waals surface area contributed by atoms with Gasteiger partial charge in [0, 0.05) is 4.88 Å². The number of aryl methyl sites for hydroxylation is 1. The van der Waals surface area contributed by atoms with E-state index in [1.54, 1.807) is 16.2 Å². The molecule has 0 bridgehead atoms. The van der Waals surface area contributed by atoms with Crippen molar-refractivity contribution in [2.24, 2.45) is 5.92 Å². The van der Waals surface area contributed by atoms with E-state index in [-0.39, 0.29) is 24.4 Å². The van der Waals surface area contributed by atoms with Gasteiger partial charge in [-0.3, -0.25) is 9.59 Å². The van der Waals surface area contributed by atoms with Gasteiger partial charge in [0.15, 0.2) is 0 Å². The van der Waals surface area contributed by atoms with Gasteiger partial charge in [0.2, 0.25) is 11.8 Å². The molecule has 1 N–H and O–H groups in total. The lowest BCUT2D eigenvalue weighted by molar-refractivity contribution is -0.146. The Morgan fingerprint density at radius 3 is 2.71 bits per heavy atom. The van der Waals surface area contributed by atoms with Gasteiger partial charge in [0.1, 0.15) is 6.04 Å². The molecule has 1 aromatic heterocycles. The second kappa shape index (κ2) is 6.18. The molecule has 2 fully saturated rings. The molecule has 2 aliphatic rings. The first-order chi connectivity index (χ1) is 10.1. The fourth-order valence-corrected chi connectivity index (χ4v) is 4.31. The van der Waals surface area contributed by atoms with Crippen molar-refractivity contribution in [2.45, 2.75) is 51.6 Å². The van der Waals surface area contributed by atoms with E-state index >= 15 is 0 Å². The van der Waals surface area contributed by atoms with Gasteiger partial charge in [-0.2, -0.15) is 0 Å². The van der Waals surface area contributed by atoms with Crippen molar-refractivity contribution in [1.29, 1.82) is 0 Å². The van der Waals surface area contributed by atoms with E-state index in [0.29, 0.717) is 12.5 Å². The summed E-state index contributed by atoms with van der Waals surface area (Å²) in [7, 11) is 0. The molecule has 1 aliphatic heterocycles. The molecular formula is C16H22N2O2S. The third-order valence-corrected chi connectivity index (χ3v) is 5.66. The van der Waals surface area contributed by atoms with Crippen molar-refractivity contribution < 1.29 is 9.59 Å². The number of nitrogens with zero attached hydrogens (tertiary/aromatic N) is 1. The lowest BCUT2D eigenvalue weighted by atomic mass is 9.82. The molecule has 1 atom stereocenters. The molecule has 5 heteroatoms. The third-order valence-electron chi connectivity index (χ3n) is 4.65. The van der Waals surface area contributed by atoms with Gasteiger partial charge < -0.3 is 10.2 Å². The summed E-state index contributed by atoms with van der Waals surface area (Å²) in [5, 5.41) is 4.97. The van der Waals surface area contributed by atoms with Gasteiger partial charge in [0.05, 0.1) is 13.1 Å². The maximum atomic E-state index is 12.7. The lowest BCUT2D eigenvalue weighted by Gasteiger charge is -2.37. The summed E-state index contributed by atoms with van der Waals surface area (Å²) >= 11 is 1.66. The van der Waals surface area contributed by atoms with Crippen LogP contribution in [0.3, 0.4) is 0 Å². The van der Waals surface area contributed by atoms with E-state index < -0.39 is 0 Å². The average molecular weight is 306 g/mol. The number of nitrogens with one attached hydrogen (secondary N) is 1. The minimum atomic E-state index is -0.299. The molecule has 0 spiro atoms. The van der Waals surface area contributed by atoms with Gasteiger partial charge in [0.25, 0.3) is 0 Å². The number of piperazine rings is 1. The van der Waals surface area contributed by atoms with Crippen LogP contribution in [0.5, 0.6) is 0 Å². The highest BCUT2D eigenvalue weighted by Crippen LogP contribution is 2.29. The zero-order valence-corrected chi connectivity index (χ0v) is 13.2. The van der Waals surface area contributed by atoms with Crippen molar-refractivity contribution in [3.05, 3.63) is 21.9 Å². The smallest absolute Gasteiger partial charge is 0.246 e. The van der Waals surface area contributed by atoms with Gasteiger partial charge in [-0.15, -0.1) is 11.3 Å². The molecule has 2 amide bonds. The Bertz CT molecular complexity index is 534. The van der Waals surface area contributed by atoms with E-state index in [4.69, 9.17) is 0 Å². The summed E-state index contributed by atoms with van der Waals surface area (Å²) in [6.07, 6.45) is 5.72. The van der Waals surface area contributed by atoms with Crippen molar-refractivity contribution >= 4 is 23.2 Å². The number of hydrogen-bond donors (Lipinski definition) is 1. The van der Waals surface area contributed by atoms with Crippen molar-refractivity contribution in [2.75, 3.05) is 6.54 Å². The number of rotatable bonds is 3. The predicted molar refractivity (Wildman–Crippen MR) is 83.0 cm³/mol. The first-order valence-corrected chi connectivity index (χ1v) is 8.64. The number of carbonyl (C=O) groups excluding carboxylic acids is 2. The predicted octanol–water partition coefficient (Wildman–Crippen LogP) is 2.46. The van der Waals surface area contributed by atoms with E-state index in [1.165, 1.54) is 29.7 Å². The Kier molecular flexibility index (Phi) is 4.29. The van der Waals surface area contributed by atoms with Crippen LogP contribution in [0.15, 0.2) is 11.4 Å². The molecule has 1 unspecified atom stereocenters. The highest BCUT2D eigenvalue weighted by Gasteiger charge is 2.38. The Morgan fingerprint density at radius 2 is 2.05 bits per heavy atom. The maximum absolute atomic E-state index is 12.7. The fraction of sp³-hybridized carbons (Fsp3) is 0.625. The number of thiophene rings is 1. The lowest BCUT2D eigenvalue weighted by Crippen LogP contribution is -2.60. The quantitative estimate of drug-likeness (QED) is 0.932. The molecule has 1 aliphatic carbocycles. The molecule has 114 valence electrons. The second-order valence-electron chi connectivity index (χ2n) is 6.16. The normalized spacial score (nSPS) is 24.2. The Morgan fingerprint density at radius 1 is 1.29 bits per heavy atom. The molecule has 0 aromatic carbocycles. The fourth-order valence-electron chi connectivity index (χ4n) is 3.39. The van der Waals surface area contributed by atoms with Crippen LogP contribution in [0.25, 0.3) is 0 Å². The van der Waals surface area contributed by atoms with E-state index in [1.807, 2.05) is 5.38 Å². The van der Waals surface area contributed by atoms with Gasteiger partial charge in [-0.1, -0.05) is 19.3 Å². The summed E-state index contributed by atoms with van der Waals surface area (Å²) < 4.78 is 0. The largest absolute Gasteiger partial charge is 0.342 e. The first kappa shape index (κ1) is 14.6. The van der Waals surface area contributed by atoms with Gasteiger partial charge in [-0.25, -0.2) is 0 Å². The highest BCUT2D eigenvalue weighted by atomic mass is 32.1. The third kappa shape index (κ3) is 3.12. The molecule has 3 rings (SSSR count). The van der Waals surface area contributed by atoms with Crippen molar-refractivity contribution in [1.82, 2.24) is 10.2 Å². The number of carbonyl (C=O) groups is 2. The van der Waals surface area contributed by atoms with E-state index in [2.05, 4.69) is 18.3 Å². The van der Waals surface area contributed by atoms with Crippen LogP contribution < -0.4 is 5.32 Å². The molecule has 4 nitrogen and oxygen atoms in total. The Labute approximate surface area is 129 Å². The Balaban J connectivity index is 1.73. The molecule has 1 saturated heterocycles. The molecule has 0 radical (unpaired) electrons. The zero-order chi connectivity index (χ0) is 14.8. The number of hydrogen-bond acceptors (Lipinski definition) is 3. The summed E-state index contributed by atoms with van der Waals surface area (Å²) in [6, 6.07) is 1.76. The standard InChI is InChI=1S/C16H22N2O2S/c1-11-7-8-21-13(11)9-18-10-14(19)17-15(16(18)20)12-5-3-2-4-6-12/h7-8,12,15H,2-6,9-10H2,1H3,(H,17,19). The van der Waals surface area contributed by atoms with Crippen molar-refractivity contribution in [3.63, 3.8) is 0 Å². The zero-order valence-electron chi connectivity index (χ0n) is 12.4. The van der Waals surface area contributed by atoms with Crippen LogP contribution in [0.1, 0.15) is 42.5 Å². The minimum Gasteiger partial charge on any atom is -0.342 e. The Hall–Kier alpha value is -1.36. The molecule has 1 saturated carbocycles. The summed E-state index contributed by atoms with van der Waals surface area (Å²) in [5.74, 6) is 0.413. The monoisotopic (exact) mass is 306 g/mol. The van der Waals surface area contributed by atoms with Crippen LogP contribution in [0, 0.1) is 12.8 Å². The van der Waals surface area contributed by atoms with Crippen LogP contribution in [-0.4, -0.2) is 29.3 Å². The maximum Gasteiger partial charge on any atom is 0.246 e. The van der Waals surface area contributed by atoms with E-state index in [0.717, 1.165) is 12.8 Å². The molecular weight excluding hydrogens is 284 g/mol. The minimum absolute atomic E-state index is 0.0145. The van der Waals surface area contributed by atoms with Crippen LogP contribution in [0.4, 0.5) is 0 Å². The van der Waals surface area contributed by atoms with Gasteiger partial charge in [-0.05, 0) is 42.7 Å². The summed E-state index contributed by atoms with van der Waals surface area (Å²) in [5.41, 5.74) is 1.20. The topological polar surface area (TPSA) is 49.4 Å². The van der Waals surface area contributed by atoms with Crippen LogP contribution >= 0.6 is 11.3 Å². The number of amides is 2. The molecule has 1 aromatic rings. The summed E-state index contributed by atoms with van der Waals surface area (Å²) in [6.45, 7) is 2.82. The molecule has 2 heterocycles. The van der Waals surface area contributed by atoms with E-state index in [9.17, 15) is 9.59 Å². The van der Waals surface area contributed by atoms with Gasteiger partial charge >= 0.3 is 0 Å². The SMILES string of the molecule is Cc1ccsc1CN1CC(=O)NC(C2CCCCC2)C1=O. The van der Waals surface area contributed by atoms with Crippen LogP contribution in [0.2, 0.25) is 0 Å². The highest BCUT2D eigenvalue weighted by molar-refractivity contribution is 7.10. The van der Waals surface area contributed by atoms with Crippen molar-refractivity contribution in [3.8, 4) is 0 Å². The molecule has 21 heavy (non-hydrogen) atoms. The second-order valence-corrected chi connectivity index (χ2v) is 7.17. The summed E-state index contributed by atoms with van der Waals surface area (Å²) in [4.78, 5) is 27.6. The van der Waals surface area contributed by atoms with Crippen LogP contribution in [-0.2, 0) is 16.1 Å². The first-order valence-electron chi connectivity index (χ1n) is 7.76. The average Bonchev–Trinajstić information content (AvgIpc) is 2.89.